The highest BCUT2D eigenvalue weighted by molar-refractivity contribution is 5.93. The van der Waals surface area contributed by atoms with E-state index in [1.54, 1.807) is 24.1 Å². The first-order valence-corrected chi connectivity index (χ1v) is 9.70. The van der Waals surface area contributed by atoms with E-state index in [1.165, 1.54) is 0 Å². The first-order valence-electron chi connectivity index (χ1n) is 9.70. The molecule has 0 aliphatic carbocycles. The number of likely N-dealkylation sites (tertiary alicyclic amines) is 2. The molecule has 0 spiro atoms. The number of nitrogens with zero attached hydrogens (tertiary/aromatic N) is 2. The number of hydrogen-bond acceptors (Lipinski definition) is 4. The Morgan fingerprint density at radius 3 is 2.43 bits per heavy atom. The second kappa shape index (κ2) is 8.86. The number of rotatable bonds is 5. The van der Waals surface area contributed by atoms with Gasteiger partial charge < -0.3 is 15.0 Å². The molecule has 2 amide bonds. The van der Waals surface area contributed by atoms with Crippen LogP contribution in [-0.2, 0) is 9.59 Å². The molecule has 2 aliphatic rings. The fraction of sp³-hybridized carbons (Fsp3) is 0.600. The third-order valence-electron chi connectivity index (χ3n) is 5.49. The predicted molar refractivity (Wildman–Crippen MR) is 102 cm³/mol. The number of alkyl halides is 2. The molecular formula is C20H27F2N3O3. The highest BCUT2D eigenvalue weighted by Crippen LogP contribution is 2.30. The third-order valence-corrected chi connectivity index (χ3v) is 5.49. The van der Waals surface area contributed by atoms with Gasteiger partial charge in [0.15, 0.2) is 0 Å². The number of piperidine rings is 2. The number of ether oxygens (including phenoxy) is 1. The molecule has 1 aromatic carbocycles. The molecule has 6 nitrogen and oxygen atoms in total. The van der Waals surface area contributed by atoms with Gasteiger partial charge in [-0.1, -0.05) is 12.1 Å². The number of halogens is 2. The van der Waals surface area contributed by atoms with Gasteiger partial charge in [0.05, 0.1) is 19.3 Å². The van der Waals surface area contributed by atoms with E-state index >= 15 is 0 Å². The maximum absolute atomic E-state index is 13.3. The normalized spacial score (nSPS) is 20.6. The standard InChI is InChI=1S/C20H27F2N3O3/c1-28-17-5-3-2-4-16(17)23-18(26)14-24-10-6-15(7-11-24)19(27)25-12-8-20(21,22)9-13-25/h2-5,15H,6-14H2,1H3,(H,23,26). The lowest BCUT2D eigenvalue weighted by molar-refractivity contribution is -0.143. The molecule has 8 heteroatoms. The second-order valence-corrected chi connectivity index (χ2v) is 7.48. The first-order chi connectivity index (χ1) is 13.4. The Bertz CT molecular complexity index is 696. The average molecular weight is 395 g/mol. The molecule has 2 saturated heterocycles. The number of para-hydroxylation sites is 2. The molecule has 3 rings (SSSR count). The van der Waals surface area contributed by atoms with E-state index in [4.69, 9.17) is 4.74 Å². The number of amides is 2. The summed E-state index contributed by atoms with van der Waals surface area (Å²) in [4.78, 5) is 28.5. The lowest BCUT2D eigenvalue weighted by Crippen LogP contribution is -2.48. The Balaban J connectivity index is 1.44. The second-order valence-electron chi connectivity index (χ2n) is 7.48. The molecule has 0 saturated carbocycles. The van der Waals surface area contributed by atoms with Crippen LogP contribution in [0.3, 0.4) is 0 Å². The third kappa shape index (κ3) is 5.19. The fourth-order valence-electron chi connectivity index (χ4n) is 3.79. The minimum absolute atomic E-state index is 0.0198. The van der Waals surface area contributed by atoms with Crippen molar-refractivity contribution in [2.45, 2.75) is 31.6 Å². The van der Waals surface area contributed by atoms with Crippen LogP contribution in [0.1, 0.15) is 25.7 Å². The van der Waals surface area contributed by atoms with Crippen molar-refractivity contribution in [1.82, 2.24) is 9.80 Å². The molecule has 1 N–H and O–H groups in total. The summed E-state index contributed by atoms with van der Waals surface area (Å²) in [6, 6.07) is 7.22. The Kier molecular flexibility index (Phi) is 6.49. The van der Waals surface area contributed by atoms with E-state index in [1.807, 2.05) is 17.0 Å². The van der Waals surface area contributed by atoms with E-state index in [0.29, 0.717) is 37.4 Å². The van der Waals surface area contributed by atoms with Crippen molar-refractivity contribution in [3.8, 4) is 5.75 Å². The fourth-order valence-corrected chi connectivity index (χ4v) is 3.79. The Morgan fingerprint density at radius 1 is 1.14 bits per heavy atom. The number of hydrogen-bond donors (Lipinski definition) is 1. The first kappa shape index (κ1) is 20.5. The van der Waals surface area contributed by atoms with Crippen LogP contribution in [0.2, 0.25) is 0 Å². The van der Waals surface area contributed by atoms with Gasteiger partial charge in [-0.2, -0.15) is 0 Å². The van der Waals surface area contributed by atoms with Gasteiger partial charge in [0, 0.05) is 31.8 Å². The molecule has 2 fully saturated rings. The van der Waals surface area contributed by atoms with E-state index < -0.39 is 5.92 Å². The summed E-state index contributed by atoms with van der Waals surface area (Å²) in [5, 5.41) is 2.85. The van der Waals surface area contributed by atoms with Crippen molar-refractivity contribution in [1.29, 1.82) is 0 Å². The number of carbonyl (C=O) groups is 2. The lowest BCUT2D eigenvalue weighted by atomic mass is 9.94. The molecule has 0 atom stereocenters. The highest BCUT2D eigenvalue weighted by atomic mass is 19.3. The number of anilines is 1. The summed E-state index contributed by atoms with van der Waals surface area (Å²) in [6.45, 7) is 1.79. The van der Waals surface area contributed by atoms with Crippen LogP contribution in [0.15, 0.2) is 24.3 Å². The topological polar surface area (TPSA) is 61.9 Å². The predicted octanol–water partition coefficient (Wildman–Crippen LogP) is 2.60. The zero-order chi connectivity index (χ0) is 20.1. The van der Waals surface area contributed by atoms with Crippen molar-refractivity contribution in [3.05, 3.63) is 24.3 Å². The maximum Gasteiger partial charge on any atom is 0.251 e. The highest BCUT2D eigenvalue weighted by Gasteiger charge is 2.37. The van der Waals surface area contributed by atoms with E-state index in [0.717, 1.165) is 0 Å². The summed E-state index contributed by atoms with van der Waals surface area (Å²) >= 11 is 0. The molecule has 2 heterocycles. The minimum atomic E-state index is -2.64. The molecule has 0 bridgehead atoms. The summed E-state index contributed by atoms with van der Waals surface area (Å²) in [7, 11) is 1.55. The summed E-state index contributed by atoms with van der Waals surface area (Å²) < 4.78 is 31.8. The van der Waals surface area contributed by atoms with Crippen LogP contribution >= 0.6 is 0 Å². The Morgan fingerprint density at radius 2 is 1.79 bits per heavy atom. The maximum atomic E-state index is 13.3. The number of methoxy groups -OCH3 is 1. The molecule has 2 aliphatic heterocycles. The smallest absolute Gasteiger partial charge is 0.251 e. The van der Waals surface area contributed by atoms with Gasteiger partial charge in [-0.3, -0.25) is 14.5 Å². The van der Waals surface area contributed by atoms with Crippen LogP contribution in [0.4, 0.5) is 14.5 Å². The molecular weight excluding hydrogens is 368 g/mol. The lowest BCUT2D eigenvalue weighted by Gasteiger charge is -2.37. The van der Waals surface area contributed by atoms with Gasteiger partial charge in [-0.05, 0) is 38.1 Å². The Labute approximate surface area is 163 Å². The molecule has 0 radical (unpaired) electrons. The van der Waals surface area contributed by atoms with Crippen LogP contribution < -0.4 is 10.1 Å². The molecule has 1 aromatic rings. The SMILES string of the molecule is COc1ccccc1NC(=O)CN1CCC(C(=O)N2CCC(F)(F)CC2)CC1. The monoisotopic (exact) mass is 395 g/mol. The van der Waals surface area contributed by atoms with Crippen molar-refractivity contribution < 1.29 is 23.1 Å². The van der Waals surface area contributed by atoms with Crippen molar-refractivity contribution >= 4 is 17.5 Å². The van der Waals surface area contributed by atoms with Gasteiger partial charge in [0.25, 0.3) is 5.92 Å². The van der Waals surface area contributed by atoms with Crippen LogP contribution in [0.25, 0.3) is 0 Å². The summed E-state index contributed by atoms with van der Waals surface area (Å²) in [5.41, 5.74) is 0.627. The zero-order valence-electron chi connectivity index (χ0n) is 16.1. The average Bonchev–Trinajstić information content (AvgIpc) is 2.68. The quantitative estimate of drug-likeness (QED) is 0.833. The van der Waals surface area contributed by atoms with Gasteiger partial charge in [-0.15, -0.1) is 0 Å². The van der Waals surface area contributed by atoms with Gasteiger partial charge >= 0.3 is 0 Å². The van der Waals surface area contributed by atoms with Gasteiger partial charge in [-0.25, -0.2) is 8.78 Å². The van der Waals surface area contributed by atoms with Crippen molar-refractivity contribution in [3.63, 3.8) is 0 Å². The molecule has 0 unspecified atom stereocenters. The van der Waals surface area contributed by atoms with Crippen LogP contribution in [0.5, 0.6) is 5.75 Å². The molecule has 154 valence electrons. The zero-order valence-corrected chi connectivity index (χ0v) is 16.1. The molecule has 28 heavy (non-hydrogen) atoms. The van der Waals surface area contributed by atoms with E-state index in [9.17, 15) is 18.4 Å². The summed E-state index contributed by atoms with van der Waals surface area (Å²) in [5.74, 6) is -2.33. The summed E-state index contributed by atoms with van der Waals surface area (Å²) in [6.07, 6.45) is 0.794. The van der Waals surface area contributed by atoms with Crippen molar-refractivity contribution in [2.75, 3.05) is 45.2 Å². The van der Waals surface area contributed by atoms with Crippen LogP contribution in [0, 0.1) is 5.92 Å². The van der Waals surface area contributed by atoms with Crippen LogP contribution in [-0.4, -0.2) is 67.4 Å². The Hall–Kier alpha value is -2.22. The number of nitrogens with one attached hydrogen (secondary N) is 1. The van der Waals surface area contributed by atoms with Gasteiger partial charge in [0.2, 0.25) is 11.8 Å². The van der Waals surface area contributed by atoms with E-state index in [-0.39, 0.29) is 50.2 Å². The number of carbonyl (C=O) groups excluding carboxylic acids is 2. The number of benzene rings is 1. The molecule has 0 aromatic heterocycles. The van der Waals surface area contributed by atoms with Gasteiger partial charge in [0.1, 0.15) is 5.75 Å². The minimum Gasteiger partial charge on any atom is -0.495 e. The largest absolute Gasteiger partial charge is 0.495 e. The van der Waals surface area contributed by atoms with Crippen molar-refractivity contribution in [2.24, 2.45) is 5.92 Å². The van der Waals surface area contributed by atoms with E-state index in [2.05, 4.69) is 5.32 Å².